The predicted octanol–water partition coefficient (Wildman–Crippen LogP) is 2.27. The first-order valence-electron chi connectivity index (χ1n) is 7.43. The van der Waals surface area contributed by atoms with Crippen molar-refractivity contribution in [2.45, 2.75) is 4.90 Å². The summed E-state index contributed by atoms with van der Waals surface area (Å²) in [5, 5.41) is 0.616. The van der Waals surface area contributed by atoms with Crippen LogP contribution in [0.2, 0.25) is 0 Å². The number of esters is 1. The van der Waals surface area contributed by atoms with Crippen LogP contribution in [0.1, 0.15) is 10.4 Å². The lowest BCUT2D eigenvalue weighted by Gasteiger charge is -2.12. The molecule has 3 aromatic rings. The number of sulfonamides is 1. The standard InChI is InChI=1S/C17H17N3O4S/c1-20(2)25(22,23)13-6-4-5-11(7-13)12-8-14-15(17(21)24-3)10-19-16(14)18-9-12/h4-10H,1-3H3,(H,18,19). The molecule has 0 saturated heterocycles. The van der Waals surface area contributed by atoms with Crippen molar-refractivity contribution in [3.05, 3.63) is 48.3 Å². The number of ether oxygens (including phenoxy) is 1. The molecule has 0 aliphatic rings. The van der Waals surface area contributed by atoms with Crippen LogP contribution in [0.5, 0.6) is 0 Å². The monoisotopic (exact) mass is 359 g/mol. The van der Waals surface area contributed by atoms with Crippen molar-refractivity contribution >= 4 is 27.0 Å². The fraction of sp³-hybridized carbons (Fsp3) is 0.176. The average molecular weight is 359 g/mol. The second kappa shape index (κ2) is 6.30. The van der Waals surface area contributed by atoms with Crippen LogP contribution in [-0.2, 0) is 14.8 Å². The maximum Gasteiger partial charge on any atom is 0.340 e. The molecule has 0 unspecified atom stereocenters. The van der Waals surface area contributed by atoms with Gasteiger partial charge in [0, 0.05) is 37.4 Å². The molecule has 25 heavy (non-hydrogen) atoms. The van der Waals surface area contributed by atoms with E-state index in [4.69, 9.17) is 4.74 Å². The topological polar surface area (TPSA) is 92.4 Å². The number of aromatic nitrogens is 2. The maximum absolute atomic E-state index is 12.3. The van der Waals surface area contributed by atoms with Gasteiger partial charge in [-0.25, -0.2) is 22.5 Å². The number of pyridine rings is 1. The molecule has 0 saturated carbocycles. The van der Waals surface area contributed by atoms with Crippen LogP contribution in [0.3, 0.4) is 0 Å². The molecule has 0 atom stereocenters. The number of fused-ring (bicyclic) bond motifs is 1. The van der Waals surface area contributed by atoms with Gasteiger partial charge in [-0.3, -0.25) is 0 Å². The van der Waals surface area contributed by atoms with Gasteiger partial charge in [0.1, 0.15) is 5.65 Å². The zero-order valence-electron chi connectivity index (χ0n) is 14.0. The minimum absolute atomic E-state index is 0.192. The zero-order valence-corrected chi connectivity index (χ0v) is 14.8. The molecule has 0 aliphatic carbocycles. The molecule has 1 N–H and O–H groups in total. The number of H-pyrrole nitrogens is 1. The number of carbonyl (C=O) groups excluding carboxylic acids is 1. The molecule has 2 aromatic heterocycles. The number of nitrogens with zero attached hydrogens (tertiary/aromatic N) is 2. The van der Waals surface area contributed by atoms with Crippen molar-refractivity contribution in [1.82, 2.24) is 14.3 Å². The van der Waals surface area contributed by atoms with Gasteiger partial charge < -0.3 is 9.72 Å². The molecule has 0 spiro atoms. The highest BCUT2D eigenvalue weighted by Crippen LogP contribution is 2.27. The molecular weight excluding hydrogens is 342 g/mol. The molecule has 1 aromatic carbocycles. The van der Waals surface area contributed by atoms with Gasteiger partial charge in [0.15, 0.2) is 0 Å². The first-order valence-corrected chi connectivity index (χ1v) is 8.87. The third-order valence-corrected chi connectivity index (χ3v) is 5.69. The lowest BCUT2D eigenvalue weighted by Crippen LogP contribution is -2.22. The van der Waals surface area contributed by atoms with E-state index in [9.17, 15) is 13.2 Å². The summed E-state index contributed by atoms with van der Waals surface area (Å²) in [5.41, 5.74) is 2.33. The van der Waals surface area contributed by atoms with E-state index >= 15 is 0 Å². The van der Waals surface area contributed by atoms with Gasteiger partial charge in [-0.05, 0) is 23.8 Å². The van der Waals surface area contributed by atoms with E-state index < -0.39 is 16.0 Å². The molecule has 0 bridgehead atoms. The van der Waals surface area contributed by atoms with Crippen LogP contribution in [0.4, 0.5) is 0 Å². The number of methoxy groups -OCH3 is 1. The van der Waals surface area contributed by atoms with Crippen molar-refractivity contribution in [3.8, 4) is 11.1 Å². The van der Waals surface area contributed by atoms with Gasteiger partial charge in [0.05, 0.1) is 17.6 Å². The SMILES string of the molecule is COC(=O)c1c[nH]c2ncc(-c3cccc(S(=O)(=O)N(C)C)c3)cc12. The Labute approximate surface area is 145 Å². The highest BCUT2D eigenvalue weighted by molar-refractivity contribution is 7.89. The number of nitrogens with one attached hydrogen (secondary N) is 1. The number of hydrogen-bond donors (Lipinski definition) is 1. The van der Waals surface area contributed by atoms with E-state index in [-0.39, 0.29) is 4.90 Å². The maximum atomic E-state index is 12.3. The number of benzene rings is 1. The van der Waals surface area contributed by atoms with E-state index in [0.29, 0.717) is 27.7 Å². The van der Waals surface area contributed by atoms with Crippen molar-refractivity contribution < 1.29 is 17.9 Å². The summed E-state index contributed by atoms with van der Waals surface area (Å²) in [6.45, 7) is 0. The first-order chi connectivity index (χ1) is 11.8. The van der Waals surface area contributed by atoms with E-state index in [0.717, 1.165) is 4.31 Å². The fourth-order valence-corrected chi connectivity index (χ4v) is 3.44. The minimum Gasteiger partial charge on any atom is -0.465 e. The lowest BCUT2D eigenvalue weighted by atomic mass is 10.1. The summed E-state index contributed by atoms with van der Waals surface area (Å²) < 4.78 is 30.6. The normalized spacial score (nSPS) is 11.8. The average Bonchev–Trinajstić information content (AvgIpc) is 3.04. The van der Waals surface area contributed by atoms with Crippen LogP contribution in [0.15, 0.2) is 47.6 Å². The van der Waals surface area contributed by atoms with Gasteiger partial charge >= 0.3 is 5.97 Å². The Kier molecular flexibility index (Phi) is 4.32. The Balaban J connectivity index is 2.13. The summed E-state index contributed by atoms with van der Waals surface area (Å²) in [6, 6.07) is 8.38. The van der Waals surface area contributed by atoms with Crippen molar-refractivity contribution in [1.29, 1.82) is 0 Å². The van der Waals surface area contributed by atoms with Crippen LogP contribution in [-0.4, -0.2) is 49.9 Å². The Bertz CT molecular complexity index is 1050. The van der Waals surface area contributed by atoms with Gasteiger partial charge in [-0.2, -0.15) is 0 Å². The van der Waals surface area contributed by atoms with E-state index in [2.05, 4.69) is 9.97 Å². The molecule has 0 amide bonds. The number of hydrogen-bond acceptors (Lipinski definition) is 5. The summed E-state index contributed by atoms with van der Waals surface area (Å²) in [7, 11) is 0.750. The molecule has 0 fully saturated rings. The van der Waals surface area contributed by atoms with E-state index in [1.165, 1.54) is 21.2 Å². The fourth-order valence-electron chi connectivity index (χ4n) is 2.49. The molecule has 0 radical (unpaired) electrons. The third kappa shape index (κ3) is 3.01. The van der Waals surface area contributed by atoms with Crippen molar-refractivity contribution in [2.24, 2.45) is 0 Å². The highest BCUT2D eigenvalue weighted by atomic mass is 32.2. The predicted molar refractivity (Wildman–Crippen MR) is 93.7 cm³/mol. The lowest BCUT2D eigenvalue weighted by molar-refractivity contribution is 0.0603. The Morgan fingerprint density at radius 3 is 2.64 bits per heavy atom. The van der Waals surface area contributed by atoms with Crippen LogP contribution in [0.25, 0.3) is 22.2 Å². The van der Waals surface area contributed by atoms with Gasteiger partial charge in [-0.1, -0.05) is 12.1 Å². The zero-order chi connectivity index (χ0) is 18.2. The number of rotatable bonds is 4. The molecule has 7 nitrogen and oxygen atoms in total. The van der Waals surface area contributed by atoms with E-state index in [1.807, 2.05) is 0 Å². The van der Waals surface area contributed by atoms with Crippen molar-refractivity contribution in [3.63, 3.8) is 0 Å². The second-order valence-electron chi connectivity index (χ2n) is 5.63. The smallest absolute Gasteiger partial charge is 0.340 e. The Morgan fingerprint density at radius 2 is 1.96 bits per heavy atom. The molecule has 8 heteroatoms. The van der Waals surface area contributed by atoms with Gasteiger partial charge in [-0.15, -0.1) is 0 Å². The second-order valence-corrected chi connectivity index (χ2v) is 7.78. The molecular formula is C17H17N3O4S. The third-order valence-electron chi connectivity index (χ3n) is 3.88. The van der Waals surface area contributed by atoms with Crippen LogP contribution < -0.4 is 0 Å². The summed E-state index contributed by atoms with van der Waals surface area (Å²) in [5.74, 6) is -0.464. The summed E-state index contributed by atoms with van der Waals surface area (Å²) >= 11 is 0. The largest absolute Gasteiger partial charge is 0.465 e. The van der Waals surface area contributed by atoms with E-state index in [1.54, 1.807) is 42.7 Å². The molecule has 3 rings (SSSR count). The quantitative estimate of drug-likeness (QED) is 0.722. The minimum atomic E-state index is -3.53. The van der Waals surface area contributed by atoms with Crippen LogP contribution >= 0.6 is 0 Å². The number of carbonyl (C=O) groups is 1. The van der Waals surface area contributed by atoms with Crippen LogP contribution in [0, 0.1) is 0 Å². The van der Waals surface area contributed by atoms with Crippen molar-refractivity contribution in [2.75, 3.05) is 21.2 Å². The van der Waals surface area contributed by atoms with Gasteiger partial charge in [0.2, 0.25) is 10.0 Å². The number of aromatic amines is 1. The highest BCUT2D eigenvalue weighted by Gasteiger charge is 2.18. The summed E-state index contributed by atoms with van der Waals surface area (Å²) in [4.78, 5) is 19.3. The molecule has 0 aliphatic heterocycles. The van der Waals surface area contributed by atoms with Gasteiger partial charge in [0.25, 0.3) is 0 Å². The Hall–Kier alpha value is -2.71. The summed E-state index contributed by atoms with van der Waals surface area (Å²) in [6.07, 6.45) is 3.17. The first kappa shape index (κ1) is 17.1. The molecule has 130 valence electrons. The molecule has 2 heterocycles. The Morgan fingerprint density at radius 1 is 1.20 bits per heavy atom.